The molecule has 0 amide bonds. The molecule has 6 saturated carbocycles. The van der Waals surface area contributed by atoms with Crippen molar-refractivity contribution in [3.63, 3.8) is 0 Å². The van der Waals surface area contributed by atoms with E-state index < -0.39 is 34.6 Å². The van der Waals surface area contributed by atoms with Crippen LogP contribution in [-0.4, -0.2) is 23.8 Å². The summed E-state index contributed by atoms with van der Waals surface area (Å²) in [7, 11) is 0. The minimum Gasteiger partial charge on any atom is -0.310 e. The van der Waals surface area contributed by atoms with Crippen LogP contribution < -0.4 is 0 Å². The van der Waals surface area contributed by atoms with Gasteiger partial charge in [-0.1, -0.05) is 13.8 Å². The summed E-state index contributed by atoms with van der Waals surface area (Å²) in [5.74, 6) is -3.62. The lowest BCUT2D eigenvalue weighted by Gasteiger charge is -2.60. The van der Waals surface area contributed by atoms with E-state index >= 15 is 8.78 Å². The second kappa shape index (κ2) is 4.90. The molecule has 0 aromatic carbocycles. The smallest absolute Gasteiger partial charge is 0.310 e. The van der Waals surface area contributed by atoms with Gasteiger partial charge in [-0.05, 0) is 69.6 Å². The predicted octanol–water partition coefficient (Wildman–Crippen LogP) is 6.26. The van der Waals surface area contributed by atoms with Crippen LogP contribution in [0.5, 0.6) is 0 Å². The molecule has 1 nitrogen and oxygen atoms in total. The second-order valence-corrected chi connectivity index (χ2v) is 9.82. The largest absolute Gasteiger partial charge is 0.361 e. The van der Waals surface area contributed by atoms with Gasteiger partial charge >= 0.3 is 6.11 Å². The standard InChI is InChI=1S/C19H27F5O/c1-14-3-8-16(9-4-14,10-5-14)19(23,24)25-17-11-6-15(2,7-12-17)18(21,22)13(17)20/h13H,3-12H2,1-2H3. The van der Waals surface area contributed by atoms with Gasteiger partial charge in [-0.15, -0.1) is 0 Å². The zero-order valence-corrected chi connectivity index (χ0v) is 14.9. The SMILES string of the molecule is CC12CCC(C(F)(F)OC34CCC(C)(CC3)C(F)(F)C4F)(CC1)CC2. The van der Waals surface area contributed by atoms with Crippen molar-refractivity contribution >= 4 is 0 Å². The number of hydrogen-bond acceptors (Lipinski definition) is 1. The quantitative estimate of drug-likeness (QED) is 0.536. The molecule has 6 aliphatic carbocycles. The minimum absolute atomic E-state index is 0.0293. The molecule has 1 atom stereocenters. The normalized spacial score (nSPS) is 51.7. The van der Waals surface area contributed by atoms with E-state index in [1.165, 1.54) is 6.92 Å². The molecule has 6 heteroatoms. The Morgan fingerprint density at radius 3 is 1.76 bits per heavy atom. The summed E-state index contributed by atoms with van der Waals surface area (Å²) in [6.07, 6.45) is -3.17. The van der Waals surface area contributed by atoms with E-state index in [0.29, 0.717) is 38.5 Å². The number of alkyl halides is 5. The molecule has 0 radical (unpaired) electrons. The Labute approximate surface area is 145 Å². The maximum Gasteiger partial charge on any atom is 0.361 e. The van der Waals surface area contributed by atoms with Gasteiger partial charge in [0.25, 0.3) is 5.92 Å². The first-order valence-corrected chi connectivity index (χ1v) is 9.50. The minimum atomic E-state index is -3.62. The monoisotopic (exact) mass is 366 g/mol. The Bertz CT molecular complexity index is 540. The van der Waals surface area contributed by atoms with Gasteiger partial charge in [0.05, 0.1) is 5.41 Å². The third-order valence-electron chi connectivity index (χ3n) is 8.35. The lowest BCUT2D eigenvalue weighted by Crippen LogP contribution is -2.69. The lowest BCUT2D eigenvalue weighted by molar-refractivity contribution is -0.408. The fourth-order valence-electron chi connectivity index (χ4n) is 5.78. The van der Waals surface area contributed by atoms with Crippen molar-refractivity contribution in [2.24, 2.45) is 16.2 Å². The van der Waals surface area contributed by atoms with E-state index in [1.54, 1.807) is 0 Å². The number of fused-ring (bicyclic) bond motifs is 6. The van der Waals surface area contributed by atoms with Crippen molar-refractivity contribution < 1.29 is 26.7 Å². The van der Waals surface area contributed by atoms with Crippen LogP contribution in [0.4, 0.5) is 22.0 Å². The highest BCUT2D eigenvalue weighted by molar-refractivity contribution is 5.15. The van der Waals surface area contributed by atoms with Crippen molar-refractivity contribution in [2.75, 3.05) is 0 Å². The van der Waals surface area contributed by atoms with Crippen LogP contribution in [0.25, 0.3) is 0 Å². The molecule has 0 saturated heterocycles. The average Bonchev–Trinajstić information content (AvgIpc) is 2.55. The van der Waals surface area contributed by atoms with Gasteiger partial charge in [-0.3, -0.25) is 0 Å². The number of halogens is 5. The molecular weight excluding hydrogens is 339 g/mol. The van der Waals surface area contributed by atoms with E-state index in [9.17, 15) is 13.2 Å². The van der Waals surface area contributed by atoms with Gasteiger partial charge in [0.15, 0.2) is 6.17 Å². The predicted molar refractivity (Wildman–Crippen MR) is 83.4 cm³/mol. The fraction of sp³-hybridized carbons (Fsp3) is 1.00. The summed E-state index contributed by atoms with van der Waals surface area (Å²) < 4.78 is 79.3. The Balaban J connectivity index is 1.61. The summed E-state index contributed by atoms with van der Waals surface area (Å²) in [4.78, 5) is 0. The highest BCUT2D eigenvalue weighted by atomic mass is 19.3. The van der Waals surface area contributed by atoms with Crippen molar-refractivity contribution in [3.8, 4) is 0 Å². The Morgan fingerprint density at radius 2 is 1.28 bits per heavy atom. The average molecular weight is 366 g/mol. The molecule has 6 fully saturated rings. The second-order valence-electron chi connectivity index (χ2n) is 9.82. The first kappa shape index (κ1) is 18.0. The number of rotatable bonds is 3. The molecular formula is C19H27F5O. The van der Waals surface area contributed by atoms with Crippen LogP contribution in [0.15, 0.2) is 0 Å². The van der Waals surface area contributed by atoms with E-state index in [-0.39, 0.29) is 31.1 Å². The molecule has 0 N–H and O–H groups in total. The van der Waals surface area contributed by atoms with E-state index in [4.69, 9.17) is 4.74 Å². The lowest BCUT2D eigenvalue weighted by atomic mass is 9.53. The molecule has 144 valence electrons. The third kappa shape index (κ3) is 2.21. The molecule has 6 rings (SSSR count). The molecule has 0 heterocycles. The molecule has 4 bridgehead atoms. The Morgan fingerprint density at radius 1 is 0.800 bits per heavy atom. The first-order valence-electron chi connectivity index (χ1n) is 9.50. The zero-order chi connectivity index (χ0) is 18.4. The van der Waals surface area contributed by atoms with Crippen LogP contribution in [0.3, 0.4) is 0 Å². The van der Waals surface area contributed by atoms with Crippen LogP contribution in [0.1, 0.15) is 78.1 Å². The highest BCUT2D eigenvalue weighted by Gasteiger charge is 2.73. The summed E-state index contributed by atoms with van der Waals surface area (Å²) >= 11 is 0. The molecule has 0 aliphatic heterocycles. The molecule has 0 aromatic heterocycles. The van der Waals surface area contributed by atoms with Crippen LogP contribution in [0.2, 0.25) is 0 Å². The van der Waals surface area contributed by atoms with Crippen LogP contribution in [-0.2, 0) is 4.74 Å². The number of hydrogen-bond donors (Lipinski definition) is 0. The van der Waals surface area contributed by atoms with E-state index in [2.05, 4.69) is 6.92 Å². The van der Waals surface area contributed by atoms with Gasteiger partial charge in [0.2, 0.25) is 0 Å². The maximum atomic E-state index is 15.2. The van der Waals surface area contributed by atoms with Crippen molar-refractivity contribution in [3.05, 3.63) is 0 Å². The summed E-state index contributed by atoms with van der Waals surface area (Å²) in [6, 6.07) is 0. The van der Waals surface area contributed by atoms with Gasteiger partial charge < -0.3 is 4.74 Å². The highest BCUT2D eigenvalue weighted by Crippen LogP contribution is 2.67. The van der Waals surface area contributed by atoms with Crippen molar-refractivity contribution in [2.45, 2.75) is 102 Å². The first-order chi connectivity index (χ1) is 11.4. The van der Waals surface area contributed by atoms with Crippen molar-refractivity contribution in [1.29, 1.82) is 0 Å². The Hall–Kier alpha value is -0.390. The van der Waals surface area contributed by atoms with Crippen molar-refractivity contribution in [1.82, 2.24) is 0 Å². The maximum absolute atomic E-state index is 15.2. The molecule has 1 unspecified atom stereocenters. The molecule has 25 heavy (non-hydrogen) atoms. The van der Waals surface area contributed by atoms with Crippen LogP contribution in [0, 0.1) is 16.2 Å². The van der Waals surface area contributed by atoms with Crippen LogP contribution >= 0.6 is 0 Å². The van der Waals surface area contributed by atoms with E-state index in [1.807, 2.05) is 0 Å². The summed E-state index contributed by atoms with van der Waals surface area (Å²) in [5.41, 5.74) is -4.68. The fourth-order valence-corrected chi connectivity index (χ4v) is 5.78. The molecule has 0 spiro atoms. The number of ether oxygens (including phenoxy) is 1. The third-order valence-corrected chi connectivity index (χ3v) is 8.35. The van der Waals surface area contributed by atoms with Gasteiger partial charge in [0, 0.05) is 5.41 Å². The topological polar surface area (TPSA) is 9.23 Å². The Kier molecular flexibility index (Phi) is 3.53. The van der Waals surface area contributed by atoms with Gasteiger partial charge in [-0.2, -0.15) is 8.78 Å². The summed E-state index contributed by atoms with van der Waals surface area (Å²) in [5, 5.41) is 0. The summed E-state index contributed by atoms with van der Waals surface area (Å²) in [6.45, 7) is 3.48. The zero-order valence-electron chi connectivity index (χ0n) is 14.9. The van der Waals surface area contributed by atoms with Gasteiger partial charge in [0.1, 0.15) is 5.60 Å². The van der Waals surface area contributed by atoms with Gasteiger partial charge in [-0.25, -0.2) is 13.2 Å². The molecule has 6 aliphatic rings. The molecule has 0 aromatic rings. The van der Waals surface area contributed by atoms with E-state index in [0.717, 1.165) is 0 Å².